The number of rotatable bonds is 3. The van der Waals surface area contributed by atoms with Crippen molar-refractivity contribution in [2.75, 3.05) is 33.4 Å². The molecule has 21 heavy (non-hydrogen) atoms. The van der Waals surface area contributed by atoms with Crippen molar-refractivity contribution in [2.45, 2.75) is 12.6 Å². The Hall–Kier alpha value is -1.59. The lowest BCUT2D eigenvalue weighted by atomic mass is 9.95. The van der Waals surface area contributed by atoms with Gasteiger partial charge in [-0.3, -0.25) is 4.90 Å². The maximum Gasteiger partial charge on any atom is 0.409 e. The molecule has 114 valence electrons. The normalized spacial score (nSPS) is 28.7. The van der Waals surface area contributed by atoms with Gasteiger partial charge in [-0.1, -0.05) is 30.3 Å². The standard InChI is InChI=1S/C16H22N2O3/c1-21-16(20)18-9-13-8-17(10-14(13)15(18)11-19)7-12-5-3-2-4-6-12/h2-6,13-15,19H,7-11H2,1H3. The molecule has 0 spiro atoms. The van der Waals surface area contributed by atoms with Crippen molar-refractivity contribution in [1.82, 2.24) is 9.80 Å². The van der Waals surface area contributed by atoms with Crippen LogP contribution in [0.5, 0.6) is 0 Å². The zero-order valence-corrected chi connectivity index (χ0v) is 12.3. The summed E-state index contributed by atoms with van der Waals surface area (Å²) in [6.07, 6.45) is -0.321. The third-order valence-electron chi connectivity index (χ3n) is 4.74. The highest BCUT2D eigenvalue weighted by atomic mass is 16.5. The van der Waals surface area contributed by atoms with E-state index in [1.807, 2.05) is 6.07 Å². The van der Waals surface area contributed by atoms with Crippen molar-refractivity contribution in [3.05, 3.63) is 35.9 Å². The van der Waals surface area contributed by atoms with Gasteiger partial charge in [0.15, 0.2) is 0 Å². The summed E-state index contributed by atoms with van der Waals surface area (Å²) in [7, 11) is 1.40. The second kappa shape index (κ2) is 6.03. The van der Waals surface area contributed by atoms with E-state index >= 15 is 0 Å². The average Bonchev–Trinajstić information content (AvgIpc) is 3.04. The van der Waals surface area contributed by atoms with Gasteiger partial charge in [-0.05, 0) is 11.5 Å². The molecule has 0 aliphatic carbocycles. The van der Waals surface area contributed by atoms with Gasteiger partial charge in [0.1, 0.15) is 0 Å². The lowest BCUT2D eigenvalue weighted by Crippen LogP contribution is -2.42. The number of hydrogen-bond acceptors (Lipinski definition) is 4. The van der Waals surface area contributed by atoms with Gasteiger partial charge >= 0.3 is 6.09 Å². The molecule has 5 nitrogen and oxygen atoms in total. The van der Waals surface area contributed by atoms with E-state index in [-0.39, 0.29) is 18.7 Å². The highest BCUT2D eigenvalue weighted by Crippen LogP contribution is 2.36. The highest BCUT2D eigenvalue weighted by molar-refractivity contribution is 5.68. The first kappa shape index (κ1) is 14.4. The maximum absolute atomic E-state index is 11.8. The monoisotopic (exact) mass is 290 g/mol. The number of likely N-dealkylation sites (tertiary alicyclic amines) is 2. The zero-order valence-electron chi connectivity index (χ0n) is 12.3. The van der Waals surface area contributed by atoms with Crippen molar-refractivity contribution in [3.63, 3.8) is 0 Å². The van der Waals surface area contributed by atoms with E-state index < -0.39 is 0 Å². The van der Waals surface area contributed by atoms with Crippen molar-refractivity contribution in [3.8, 4) is 0 Å². The first-order chi connectivity index (χ1) is 10.2. The molecule has 0 saturated carbocycles. The fourth-order valence-electron chi connectivity index (χ4n) is 3.77. The fraction of sp³-hybridized carbons (Fsp3) is 0.562. The molecule has 1 aromatic carbocycles. The summed E-state index contributed by atoms with van der Waals surface area (Å²) in [5.41, 5.74) is 1.31. The zero-order chi connectivity index (χ0) is 14.8. The summed E-state index contributed by atoms with van der Waals surface area (Å²) in [4.78, 5) is 15.9. The molecule has 0 aromatic heterocycles. The molecule has 5 heteroatoms. The maximum atomic E-state index is 11.8. The Balaban J connectivity index is 1.64. The summed E-state index contributed by atoms with van der Waals surface area (Å²) in [5.74, 6) is 0.780. The number of benzene rings is 1. The second-order valence-corrected chi connectivity index (χ2v) is 5.98. The van der Waals surface area contributed by atoms with Crippen LogP contribution in [0.25, 0.3) is 0 Å². The van der Waals surface area contributed by atoms with Crippen LogP contribution in [-0.2, 0) is 11.3 Å². The van der Waals surface area contributed by atoms with Gasteiger partial charge in [-0.25, -0.2) is 4.79 Å². The van der Waals surface area contributed by atoms with Gasteiger partial charge in [0.2, 0.25) is 0 Å². The Morgan fingerprint density at radius 1 is 1.29 bits per heavy atom. The molecular weight excluding hydrogens is 268 g/mol. The first-order valence-electron chi connectivity index (χ1n) is 7.44. The molecule has 0 bridgehead atoms. The number of carbonyl (C=O) groups is 1. The van der Waals surface area contributed by atoms with E-state index in [1.165, 1.54) is 12.7 Å². The second-order valence-electron chi connectivity index (χ2n) is 5.98. The van der Waals surface area contributed by atoms with Gasteiger partial charge in [-0.2, -0.15) is 0 Å². The number of aliphatic hydroxyl groups is 1. The molecule has 1 aromatic rings. The predicted molar refractivity (Wildman–Crippen MR) is 78.7 cm³/mol. The van der Waals surface area contributed by atoms with Crippen LogP contribution in [0.4, 0.5) is 4.79 Å². The topological polar surface area (TPSA) is 53.0 Å². The minimum Gasteiger partial charge on any atom is -0.453 e. The van der Waals surface area contributed by atoms with Crippen molar-refractivity contribution in [2.24, 2.45) is 11.8 Å². The molecular formula is C16H22N2O3. The van der Waals surface area contributed by atoms with Crippen molar-refractivity contribution < 1.29 is 14.6 Å². The van der Waals surface area contributed by atoms with Gasteiger partial charge in [0, 0.05) is 32.1 Å². The van der Waals surface area contributed by atoms with Crippen LogP contribution >= 0.6 is 0 Å². The number of hydrogen-bond donors (Lipinski definition) is 1. The first-order valence-corrected chi connectivity index (χ1v) is 7.44. The molecule has 3 unspecified atom stereocenters. The third-order valence-corrected chi connectivity index (χ3v) is 4.74. The van der Waals surface area contributed by atoms with E-state index in [1.54, 1.807) is 4.90 Å². The van der Waals surface area contributed by atoms with Crippen LogP contribution in [0.2, 0.25) is 0 Å². The molecule has 2 saturated heterocycles. The molecule has 2 aliphatic heterocycles. The van der Waals surface area contributed by atoms with E-state index in [4.69, 9.17) is 4.74 Å². The molecule has 3 rings (SSSR count). The van der Waals surface area contributed by atoms with Crippen molar-refractivity contribution >= 4 is 6.09 Å². The van der Waals surface area contributed by atoms with Crippen LogP contribution in [0.3, 0.4) is 0 Å². The molecule has 2 fully saturated rings. The van der Waals surface area contributed by atoms with Gasteiger partial charge in [-0.15, -0.1) is 0 Å². The number of methoxy groups -OCH3 is 1. The Morgan fingerprint density at radius 2 is 2.05 bits per heavy atom. The summed E-state index contributed by atoms with van der Waals surface area (Å²) >= 11 is 0. The molecule has 1 N–H and O–H groups in total. The fourth-order valence-corrected chi connectivity index (χ4v) is 3.77. The van der Waals surface area contributed by atoms with Gasteiger partial charge in [0.05, 0.1) is 19.8 Å². The largest absolute Gasteiger partial charge is 0.453 e. The summed E-state index contributed by atoms with van der Waals surface area (Å²) in [5, 5.41) is 9.64. The molecule has 2 aliphatic rings. The number of nitrogens with zero attached hydrogens (tertiary/aromatic N) is 2. The van der Waals surface area contributed by atoms with Crippen LogP contribution in [0.15, 0.2) is 30.3 Å². The Morgan fingerprint density at radius 3 is 2.71 bits per heavy atom. The van der Waals surface area contributed by atoms with E-state index in [0.29, 0.717) is 18.4 Å². The average molecular weight is 290 g/mol. The predicted octanol–water partition coefficient (Wildman–Crippen LogP) is 1.18. The quantitative estimate of drug-likeness (QED) is 0.908. The van der Waals surface area contributed by atoms with Crippen LogP contribution in [0.1, 0.15) is 5.56 Å². The van der Waals surface area contributed by atoms with Crippen molar-refractivity contribution in [1.29, 1.82) is 0 Å². The summed E-state index contributed by atoms with van der Waals surface area (Å²) in [6.45, 7) is 3.54. The van der Waals surface area contributed by atoms with Gasteiger partial charge < -0.3 is 14.7 Å². The van der Waals surface area contributed by atoms with Crippen LogP contribution < -0.4 is 0 Å². The van der Waals surface area contributed by atoms with E-state index in [2.05, 4.69) is 29.2 Å². The Bertz CT molecular complexity index is 494. The number of fused-ring (bicyclic) bond motifs is 1. The molecule has 3 atom stereocenters. The third kappa shape index (κ3) is 2.76. The van der Waals surface area contributed by atoms with E-state index in [9.17, 15) is 9.90 Å². The minimum atomic E-state index is -0.321. The number of aliphatic hydroxyl groups excluding tert-OH is 1. The number of amides is 1. The lowest BCUT2D eigenvalue weighted by molar-refractivity contribution is 0.0875. The molecule has 2 heterocycles. The Labute approximate surface area is 125 Å². The number of carbonyl (C=O) groups excluding carboxylic acids is 1. The summed E-state index contributed by atoms with van der Waals surface area (Å²) in [6, 6.07) is 10.3. The van der Waals surface area contributed by atoms with E-state index in [0.717, 1.165) is 19.6 Å². The Kier molecular flexibility index (Phi) is 4.12. The number of ether oxygens (including phenoxy) is 1. The molecule has 1 amide bonds. The van der Waals surface area contributed by atoms with Crippen LogP contribution in [-0.4, -0.2) is 60.4 Å². The minimum absolute atomic E-state index is 0.00937. The smallest absolute Gasteiger partial charge is 0.409 e. The lowest BCUT2D eigenvalue weighted by Gasteiger charge is -2.27. The summed E-state index contributed by atoms with van der Waals surface area (Å²) < 4.78 is 4.82. The SMILES string of the molecule is COC(=O)N1CC2CN(Cc3ccccc3)CC2C1CO. The van der Waals surface area contributed by atoms with Gasteiger partial charge in [0.25, 0.3) is 0 Å². The molecule has 0 radical (unpaired) electrons. The highest BCUT2D eigenvalue weighted by Gasteiger charge is 2.48. The van der Waals surface area contributed by atoms with Crippen LogP contribution in [0, 0.1) is 11.8 Å².